The van der Waals surface area contributed by atoms with Crippen LogP contribution < -0.4 is 10.5 Å². The zero-order chi connectivity index (χ0) is 11.9. The van der Waals surface area contributed by atoms with Gasteiger partial charge in [0, 0.05) is 6.04 Å². The lowest BCUT2D eigenvalue weighted by molar-refractivity contribution is -0.140. The lowest BCUT2D eigenvalue weighted by Gasteiger charge is -2.23. The van der Waals surface area contributed by atoms with E-state index in [2.05, 4.69) is 0 Å². The van der Waals surface area contributed by atoms with E-state index in [4.69, 9.17) is 10.5 Å². The Morgan fingerprint density at radius 2 is 2.00 bits per heavy atom. The highest BCUT2D eigenvalue weighted by Gasteiger charge is 2.35. The van der Waals surface area contributed by atoms with Crippen LogP contribution in [0.4, 0.5) is 17.6 Å². The number of benzene rings is 1. The van der Waals surface area contributed by atoms with Crippen molar-refractivity contribution in [3.63, 3.8) is 0 Å². The minimum Gasteiger partial charge on any atom is -0.492 e. The quantitative estimate of drug-likeness (QED) is 0.699. The number of hydrogen-bond donors (Lipinski definition) is 1. The molecule has 0 radical (unpaired) electrons. The van der Waals surface area contributed by atoms with Crippen molar-refractivity contribution in [2.24, 2.45) is 5.73 Å². The molecule has 0 bridgehead atoms. The van der Waals surface area contributed by atoms with Crippen molar-refractivity contribution in [1.82, 2.24) is 0 Å². The number of fused-ring (bicyclic) bond motifs is 1. The van der Waals surface area contributed by atoms with E-state index in [1.54, 1.807) is 0 Å². The highest BCUT2D eigenvalue weighted by atomic mass is 19.4. The maximum atomic E-state index is 13.2. The molecule has 0 saturated heterocycles. The van der Waals surface area contributed by atoms with Crippen LogP contribution in [0.1, 0.15) is 11.1 Å². The molecular weight excluding hydrogens is 226 g/mol. The summed E-state index contributed by atoms with van der Waals surface area (Å²) in [5.74, 6) is -1.22. The lowest BCUT2D eigenvalue weighted by Crippen LogP contribution is -2.34. The monoisotopic (exact) mass is 235 g/mol. The van der Waals surface area contributed by atoms with E-state index in [0.29, 0.717) is 18.1 Å². The van der Waals surface area contributed by atoms with E-state index in [1.165, 1.54) is 0 Å². The van der Waals surface area contributed by atoms with Gasteiger partial charge in [-0.3, -0.25) is 0 Å². The van der Waals surface area contributed by atoms with Crippen LogP contribution in [0.3, 0.4) is 0 Å². The van der Waals surface area contributed by atoms with Gasteiger partial charge in [0.05, 0.1) is 5.56 Å². The van der Waals surface area contributed by atoms with Crippen molar-refractivity contribution in [1.29, 1.82) is 0 Å². The van der Waals surface area contributed by atoms with Gasteiger partial charge in [-0.2, -0.15) is 13.2 Å². The molecule has 1 aromatic carbocycles. The average Bonchev–Trinajstić information content (AvgIpc) is 2.14. The normalized spacial score (nSPS) is 20.2. The highest BCUT2D eigenvalue weighted by Crippen LogP contribution is 2.36. The fourth-order valence-electron chi connectivity index (χ4n) is 1.64. The minimum absolute atomic E-state index is 0.0652. The highest BCUT2D eigenvalue weighted by molar-refractivity contribution is 5.41. The number of ether oxygens (including phenoxy) is 1. The smallest absolute Gasteiger partial charge is 0.419 e. The Morgan fingerprint density at radius 1 is 1.31 bits per heavy atom. The molecule has 0 aromatic heterocycles. The van der Waals surface area contributed by atoms with E-state index in [-0.39, 0.29) is 18.4 Å². The van der Waals surface area contributed by atoms with Gasteiger partial charge in [-0.05, 0) is 24.1 Å². The van der Waals surface area contributed by atoms with Gasteiger partial charge in [0.15, 0.2) is 0 Å². The molecule has 1 aliphatic rings. The molecule has 6 heteroatoms. The number of rotatable bonds is 0. The van der Waals surface area contributed by atoms with Crippen LogP contribution in [0.2, 0.25) is 0 Å². The molecule has 2 rings (SSSR count). The fraction of sp³-hybridized carbons (Fsp3) is 0.400. The molecule has 1 aliphatic heterocycles. The molecule has 1 heterocycles. The lowest BCUT2D eigenvalue weighted by atomic mass is 10.0. The van der Waals surface area contributed by atoms with Crippen LogP contribution in [0, 0.1) is 5.82 Å². The topological polar surface area (TPSA) is 35.2 Å². The van der Waals surface area contributed by atoms with Gasteiger partial charge >= 0.3 is 6.18 Å². The van der Waals surface area contributed by atoms with Crippen molar-refractivity contribution >= 4 is 0 Å². The van der Waals surface area contributed by atoms with Crippen LogP contribution in [0.15, 0.2) is 12.1 Å². The van der Waals surface area contributed by atoms with E-state index in [9.17, 15) is 17.6 Å². The predicted octanol–water partition coefficient (Wildman–Crippen LogP) is 2.11. The first kappa shape index (κ1) is 11.2. The molecule has 0 fully saturated rings. The predicted molar refractivity (Wildman–Crippen MR) is 48.6 cm³/mol. The first-order chi connectivity index (χ1) is 7.38. The van der Waals surface area contributed by atoms with Crippen LogP contribution in [0.25, 0.3) is 0 Å². The Morgan fingerprint density at radius 3 is 2.62 bits per heavy atom. The van der Waals surface area contributed by atoms with Gasteiger partial charge in [-0.25, -0.2) is 4.39 Å². The molecule has 0 saturated carbocycles. The molecule has 88 valence electrons. The second-order valence-corrected chi connectivity index (χ2v) is 3.71. The molecular formula is C10H9F4NO. The van der Waals surface area contributed by atoms with Crippen LogP contribution in [-0.2, 0) is 12.6 Å². The Hall–Kier alpha value is -1.30. The van der Waals surface area contributed by atoms with E-state index in [0.717, 1.165) is 6.07 Å². The molecule has 1 aromatic rings. The van der Waals surface area contributed by atoms with Gasteiger partial charge < -0.3 is 10.5 Å². The second-order valence-electron chi connectivity index (χ2n) is 3.71. The number of hydrogen-bond acceptors (Lipinski definition) is 2. The molecule has 0 amide bonds. The summed E-state index contributed by atoms with van der Waals surface area (Å²) < 4.78 is 55.3. The molecule has 1 unspecified atom stereocenters. The Balaban J connectivity index is 2.46. The van der Waals surface area contributed by atoms with Crippen molar-refractivity contribution in [2.45, 2.75) is 18.6 Å². The van der Waals surface area contributed by atoms with Gasteiger partial charge in [0.25, 0.3) is 0 Å². The molecule has 2 nitrogen and oxygen atoms in total. The number of alkyl halides is 3. The van der Waals surface area contributed by atoms with Crippen LogP contribution in [0.5, 0.6) is 5.75 Å². The summed E-state index contributed by atoms with van der Waals surface area (Å²) in [6.07, 6.45) is -4.38. The van der Waals surface area contributed by atoms with Gasteiger partial charge in [-0.15, -0.1) is 0 Å². The molecule has 0 aliphatic carbocycles. The largest absolute Gasteiger partial charge is 0.492 e. The van der Waals surface area contributed by atoms with Crippen LogP contribution >= 0.6 is 0 Å². The summed E-state index contributed by atoms with van der Waals surface area (Å²) in [5, 5.41) is 0. The minimum atomic E-state index is -4.71. The first-order valence-corrected chi connectivity index (χ1v) is 4.66. The molecule has 2 N–H and O–H groups in total. The van der Waals surface area contributed by atoms with Crippen molar-refractivity contribution in [3.05, 3.63) is 29.1 Å². The van der Waals surface area contributed by atoms with E-state index in [1.807, 2.05) is 0 Å². The Bertz CT molecular complexity index is 416. The van der Waals surface area contributed by atoms with Gasteiger partial charge in [0.1, 0.15) is 18.2 Å². The molecule has 0 spiro atoms. The number of nitrogens with two attached hydrogens (primary N) is 1. The van der Waals surface area contributed by atoms with Crippen molar-refractivity contribution in [3.8, 4) is 5.75 Å². The van der Waals surface area contributed by atoms with Gasteiger partial charge in [0.2, 0.25) is 0 Å². The summed E-state index contributed by atoms with van der Waals surface area (Å²) in [6, 6.07) is 1.23. The summed E-state index contributed by atoms with van der Waals surface area (Å²) in [5.41, 5.74) is 4.63. The summed E-state index contributed by atoms with van der Waals surface area (Å²) >= 11 is 0. The average molecular weight is 235 g/mol. The maximum Gasteiger partial charge on any atom is 0.419 e. The summed E-state index contributed by atoms with van der Waals surface area (Å²) in [7, 11) is 0. The molecule has 16 heavy (non-hydrogen) atoms. The fourth-order valence-corrected chi connectivity index (χ4v) is 1.64. The Labute approximate surface area is 89.0 Å². The van der Waals surface area contributed by atoms with Crippen molar-refractivity contribution in [2.75, 3.05) is 6.61 Å². The number of halogens is 4. The zero-order valence-corrected chi connectivity index (χ0v) is 8.14. The zero-order valence-electron chi connectivity index (χ0n) is 8.14. The van der Waals surface area contributed by atoms with Gasteiger partial charge in [-0.1, -0.05) is 0 Å². The third-order valence-electron chi connectivity index (χ3n) is 2.39. The summed E-state index contributed by atoms with van der Waals surface area (Å²) in [6.45, 7) is 0.149. The third kappa shape index (κ3) is 1.97. The Kier molecular flexibility index (Phi) is 2.53. The third-order valence-corrected chi connectivity index (χ3v) is 2.39. The standard InChI is InChI=1S/C10H9F4NO/c11-8-2-5-1-6(15)4-16-9(5)3-7(8)10(12,13)14/h2-3,6H,1,4,15H2. The molecule has 1 atom stereocenters. The van der Waals surface area contributed by atoms with Crippen LogP contribution in [-0.4, -0.2) is 12.6 Å². The second kappa shape index (κ2) is 3.62. The van der Waals surface area contributed by atoms with E-state index >= 15 is 0 Å². The first-order valence-electron chi connectivity index (χ1n) is 4.66. The van der Waals surface area contributed by atoms with Crippen molar-refractivity contribution < 1.29 is 22.3 Å². The van der Waals surface area contributed by atoms with E-state index < -0.39 is 17.6 Å². The summed E-state index contributed by atoms with van der Waals surface area (Å²) in [4.78, 5) is 0. The maximum absolute atomic E-state index is 13.2. The SMILES string of the molecule is NC1COc2cc(C(F)(F)F)c(F)cc2C1.